The first kappa shape index (κ1) is 16.4. The lowest BCUT2D eigenvalue weighted by Crippen LogP contribution is -2.50. The first-order valence-electron chi connectivity index (χ1n) is 6.94. The summed E-state index contributed by atoms with van der Waals surface area (Å²) in [6, 6.07) is -0.416. The van der Waals surface area contributed by atoms with Crippen molar-refractivity contribution >= 4 is 15.9 Å². The molecule has 0 aromatic carbocycles. The number of piperidine rings is 1. The summed E-state index contributed by atoms with van der Waals surface area (Å²) in [4.78, 5) is 11.8. The van der Waals surface area contributed by atoms with E-state index in [2.05, 4.69) is 5.32 Å². The molecule has 0 bridgehead atoms. The molecule has 6 nitrogen and oxygen atoms in total. The molecule has 1 aliphatic rings. The molecule has 1 rings (SSSR count). The minimum absolute atomic E-state index is 0.0405. The van der Waals surface area contributed by atoms with Crippen LogP contribution in [0.1, 0.15) is 39.5 Å². The molecule has 0 radical (unpaired) electrons. The Morgan fingerprint density at radius 1 is 1.37 bits per heavy atom. The van der Waals surface area contributed by atoms with Crippen LogP contribution in [0.2, 0.25) is 0 Å². The number of carbonyl (C=O) groups is 1. The lowest BCUT2D eigenvalue weighted by atomic mass is 10.1. The van der Waals surface area contributed by atoms with E-state index in [4.69, 9.17) is 5.73 Å². The summed E-state index contributed by atoms with van der Waals surface area (Å²) in [6.45, 7) is 4.59. The Hall–Kier alpha value is -0.660. The van der Waals surface area contributed by atoms with Gasteiger partial charge in [0.05, 0.1) is 11.8 Å². The van der Waals surface area contributed by atoms with Gasteiger partial charge in [-0.2, -0.15) is 0 Å². The van der Waals surface area contributed by atoms with Gasteiger partial charge in [-0.05, 0) is 26.2 Å². The zero-order valence-corrected chi connectivity index (χ0v) is 12.6. The van der Waals surface area contributed by atoms with E-state index in [1.165, 1.54) is 4.31 Å². The fourth-order valence-corrected chi connectivity index (χ4v) is 3.34. The minimum Gasteiger partial charge on any atom is -0.352 e. The second kappa shape index (κ2) is 7.21. The highest BCUT2D eigenvalue weighted by Crippen LogP contribution is 2.14. The Morgan fingerprint density at radius 2 is 1.95 bits per heavy atom. The molecule has 1 saturated heterocycles. The van der Waals surface area contributed by atoms with Gasteiger partial charge in [-0.15, -0.1) is 0 Å². The van der Waals surface area contributed by atoms with Gasteiger partial charge in [-0.3, -0.25) is 4.79 Å². The van der Waals surface area contributed by atoms with Crippen molar-refractivity contribution in [2.75, 3.05) is 18.8 Å². The third kappa shape index (κ3) is 4.74. The predicted molar refractivity (Wildman–Crippen MR) is 75.1 cm³/mol. The maximum Gasteiger partial charge on any atom is 0.237 e. The van der Waals surface area contributed by atoms with E-state index < -0.39 is 16.1 Å². The van der Waals surface area contributed by atoms with Crippen LogP contribution in [-0.2, 0) is 14.8 Å². The molecule has 0 aliphatic carbocycles. The van der Waals surface area contributed by atoms with Crippen LogP contribution in [0.25, 0.3) is 0 Å². The van der Waals surface area contributed by atoms with E-state index >= 15 is 0 Å². The number of hydrogen-bond donors (Lipinski definition) is 2. The SMILES string of the molecule is CCCC(N)C(=O)NC1CCN(S(=O)(=O)CC)CC1. The van der Waals surface area contributed by atoms with Crippen LogP contribution in [0.4, 0.5) is 0 Å². The highest BCUT2D eigenvalue weighted by atomic mass is 32.2. The predicted octanol–water partition coefficient (Wildman–Crippen LogP) is 0.0441. The van der Waals surface area contributed by atoms with Gasteiger partial charge in [-0.25, -0.2) is 12.7 Å². The molecule has 1 fully saturated rings. The van der Waals surface area contributed by atoms with Gasteiger partial charge < -0.3 is 11.1 Å². The smallest absolute Gasteiger partial charge is 0.237 e. The molecule has 1 atom stereocenters. The maximum atomic E-state index is 11.8. The molecule has 0 aromatic heterocycles. The van der Waals surface area contributed by atoms with Crippen LogP contribution in [0.15, 0.2) is 0 Å². The van der Waals surface area contributed by atoms with Crippen molar-refractivity contribution in [3.8, 4) is 0 Å². The fourth-order valence-electron chi connectivity index (χ4n) is 2.21. The molecule has 0 aromatic rings. The van der Waals surface area contributed by atoms with Gasteiger partial charge in [0.1, 0.15) is 0 Å². The van der Waals surface area contributed by atoms with Gasteiger partial charge >= 0.3 is 0 Å². The Balaban J connectivity index is 2.41. The van der Waals surface area contributed by atoms with E-state index in [1.807, 2.05) is 6.92 Å². The van der Waals surface area contributed by atoms with Crippen LogP contribution < -0.4 is 11.1 Å². The van der Waals surface area contributed by atoms with Gasteiger partial charge in [0.15, 0.2) is 0 Å². The average Bonchev–Trinajstić information content (AvgIpc) is 2.39. The number of rotatable bonds is 6. The molecule has 1 heterocycles. The highest BCUT2D eigenvalue weighted by molar-refractivity contribution is 7.89. The summed E-state index contributed by atoms with van der Waals surface area (Å²) in [5.74, 6) is 0.00411. The summed E-state index contributed by atoms with van der Waals surface area (Å²) >= 11 is 0. The molecule has 0 spiro atoms. The number of carbonyl (C=O) groups excluding carboxylic acids is 1. The van der Waals surface area contributed by atoms with E-state index in [0.717, 1.165) is 6.42 Å². The molecule has 1 amide bonds. The normalized spacial score (nSPS) is 20.2. The summed E-state index contributed by atoms with van der Waals surface area (Å²) in [5, 5.41) is 2.91. The molecular formula is C12H25N3O3S. The highest BCUT2D eigenvalue weighted by Gasteiger charge is 2.28. The van der Waals surface area contributed by atoms with Crippen molar-refractivity contribution in [2.24, 2.45) is 5.73 Å². The van der Waals surface area contributed by atoms with Crippen LogP contribution in [0.3, 0.4) is 0 Å². The number of sulfonamides is 1. The topological polar surface area (TPSA) is 92.5 Å². The van der Waals surface area contributed by atoms with Crippen LogP contribution >= 0.6 is 0 Å². The number of nitrogens with one attached hydrogen (secondary N) is 1. The standard InChI is InChI=1S/C12H25N3O3S/c1-3-5-11(13)12(16)14-10-6-8-15(9-7-10)19(17,18)4-2/h10-11H,3-9,13H2,1-2H3,(H,14,16). The van der Waals surface area contributed by atoms with Gasteiger partial charge in [0, 0.05) is 19.1 Å². The molecule has 3 N–H and O–H groups in total. The van der Waals surface area contributed by atoms with E-state index in [9.17, 15) is 13.2 Å². The molecule has 7 heteroatoms. The van der Waals surface area contributed by atoms with Crippen LogP contribution in [0, 0.1) is 0 Å². The van der Waals surface area contributed by atoms with Crippen molar-refractivity contribution in [3.63, 3.8) is 0 Å². The number of amides is 1. The van der Waals surface area contributed by atoms with Gasteiger partial charge in [0.25, 0.3) is 0 Å². The third-order valence-corrected chi connectivity index (χ3v) is 5.38. The van der Waals surface area contributed by atoms with Gasteiger partial charge in [-0.1, -0.05) is 13.3 Å². The largest absolute Gasteiger partial charge is 0.352 e. The van der Waals surface area contributed by atoms with E-state index in [-0.39, 0.29) is 17.7 Å². The zero-order valence-electron chi connectivity index (χ0n) is 11.8. The van der Waals surface area contributed by atoms with Crippen molar-refractivity contribution in [1.82, 2.24) is 9.62 Å². The summed E-state index contributed by atoms with van der Waals surface area (Å²) < 4.78 is 24.9. The lowest BCUT2D eigenvalue weighted by Gasteiger charge is -2.31. The Bertz CT molecular complexity index is 389. The monoisotopic (exact) mass is 291 g/mol. The molecule has 1 unspecified atom stereocenters. The zero-order chi connectivity index (χ0) is 14.5. The molecule has 1 aliphatic heterocycles. The quantitative estimate of drug-likeness (QED) is 0.723. The molecule has 112 valence electrons. The summed E-state index contributed by atoms with van der Waals surface area (Å²) in [7, 11) is -3.10. The van der Waals surface area contributed by atoms with Crippen LogP contribution in [0.5, 0.6) is 0 Å². The Labute approximate surface area is 115 Å². The Kier molecular flexibility index (Phi) is 6.22. The Morgan fingerprint density at radius 3 is 2.42 bits per heavy atom. The number of nitrogens with zero attached hydrogens (tertiary/aromatic N) is 1. The van der Waals surface area contributed by atoms with Crippen molar-refractivity contribution in [1.29, 1.82) is 0 Å². The van der Waals surface area contributed by atoms with Crippen molar-refractivity contribution in [3.05, 3.63) is 0 Å². The molecular weight excluding hydrogens is 266 g/mol. The van der Waals surface area contributed by atoms with Crippen LogP contribution in [-0.4, -0.2) is 49.6 Å². The second-order valence-electron chi connectivity index (χ2n) is 4.98. The molecule has 0 saturated carbocycles. The van der Waals surface area contributed by atoms with Gasteiger partial charge in [0.2, 0.25) is 15.9 Å². The van der Waals surface area contributed by atoms with Crippen molar-refractivity contribution < 1.29 is 13.2 Å². The average molecular weight is 291 g/mol. The summed E-state index contributed by atoms with van der Waals surface area (Å²) in [5.41, 5.74) is 5.74. The maximum absolute atomic E-state index is 11.8. The molecule has 19 heavy (non-hydrogen) atoms. The van der Waals surface area contributed by atoms with E-state index in [0.29, 0.717) is 32.4 Å². The first-order chi connectivity index (χ1) is 8.90. The third-order valence-electron chi connectivity index (χ3n) is 3.49. The first-order valence-corrected chi connectivity index (χ1v) is 8.55. The minimum atomic E-state index is -3.10. The fraction of sp³-hybridized carbons (Fsp3) is 0.917. The second-order valence-corrected chi connectivity index (χ2v) is 7.24. The number of nitrogens with two attached hydrogens (primary N) is 1. The number of hydrogen-bond acceptors (Lipinski definition) is 4. The van der Waals surface area contributed by atoms with E-state index in [1.54, 1.807) is 6.92 Å². The lowest BCUT2D eigenvalue weighted by molar-refractivity contribution is -0.123. The van der Waals surface area contributed by atoms with Crippen molar-refractivity contribution in [2.45, 2.75) is 51.6 Å². The summed E-state index contributed by atoms with van der Waals surface area (Å²) in [6.07, 6.45) is 2.87.